The molecular weight excluding hydrogens is 280 g/mol. The van der Waals surface area contributed by atoms with Crippen LogP contribution in [0.4, 0.5) is 5.69 Å². The first-order chi connectivity index (χ1) is 8.70. The van der Waals surface area contributed by atoms with Crippen molar-refractivity contribution in [2.24, 2.45) is 0 Å². The highest BCUT2D eigenvalue weighted by Gasteiger charge is 2.23. The van der Waals surface area contributed by atoms with Crippen LogP contribution in [0, 0.1) is 20.8 Å². The van der Waals surface area contributed by atoms with Gasteiger partial charge in [0.05, 0.1) is 4.90 Å². The van der Waals surface area contributed by atoms with E-state index in [9.17, 15) is 8.42 Å². The van der Waals surface area contributed by atoms with Gasteiger partial charge in [-0.25, -0.2) is 13.1 Å². The Hall–Kier alpha value is -0.720. The van der Waals surface area contributed by atoms with Crippen LogP contribution in [-0.4, -0.2) is 26.5 Å². The molecule has 0 aliphatic heterocycles. The largest absolute Gasteiger partial charge is 0.398 e. The van der Waals surface area contributed by atoms with E-state index < -0.39 is 10.0 Å². The van der Waals surface area contributed by atoms with E-state index in [-0.39, 0.29) is 6.04 Å². The van der Waals surface area contributed by atoms with Crippen LogP contribution in [-0.2, 0) is 10.0 Å². The Bertz CT molecular complexity index is 568. The number of nitrogens with two attached hydrogens (primary N) is 1. The van der Waals surface area contributed by atoms with E-state index >= 15 is 0 Å². The van der Waals surface area contributed by atoms with Crippen LogP contribution in [0.1, 0.15) is 23.6 Å². The summed E-state index contributed by atoms with van der Waals surface area (Å²) in [4.78, 5) is 0.309. The van der Waals surface area contributed by atoms with Crippen molar-refractivity contribution in [1.82, 2.24) is 4.72 Å². The lowest BCUT2D eigenvalue weighted by atomic mass is 10.1. The number of hydrogen-bond donors (Lipinski definition) is 2. The molecule has 0 bridgehead atoms. The van der Waals surface area contributed by atoms with Gasteiger partial charge in [0.25, 0.3) is 0 Å². The summed E-state index contributed by atoms with van der Waals surface area (Å²) in [6.07, 6.45) is 1.95. The number of benzene rings is 1. The monoisotopic (exact) mass is 302 g/mol. The normalized spacial score (nSPS) is 13.5. The van der Waals surface area contributed by atoms with Gasteiger partial charge in [-0.15, -0.1) is 0 Å². The molecular formula is C13H22N2O2S2. The molecule has 0 spiro atoms. The van der Waals surface area contributed by atoms with E-state index in [4.69, 9.17) is 5.73 Å². The summed E-state index contributed by atoms with van der Waals surface area (Å²) in [7, 11) is -3.53. The van der Waals surface area contributed by atoms with Crippen LogP contribution in [0.25, 0.3) is 0 Å². The van der Waals surface area contributed by atoms with Gasteiger partial charge in [0.1, 0.15) is 0 Å². The molecule has 0 amide bonds. The lowest BCUT2D eigenvalue weighted by Gasteiger charge is -2.18. The summed E-state index contributed by atoms with van der Waals surface area (Å²) in [6.45, 7) is 7.29. The van der Waals surface area contributed by atoms with E-state index in [1.807, 2.05) is 26.2 Å². The number of aryl methyl sites for hydroxylation is 2. The summed E-state index contributed by atoms with van der Waals surface area (Å²) in [5, 5.41) is 0. The molecule has 0 fully saturated rings. The third kappa shape index (κ3) is 3.64. The maximum Gasteiger partial charge on any atom is 0.241 e. The van der Waals surface area contributed by atoms with Gasteiger partial charge < -0.3 is 5.73 Å². The van der Waals surface area contributed by atoms with E-state index in [1.54, 1.807) is 25.6 Å². The van der Waals surface area contributed by atoms with Crippen LogP contribution in [0.15, 0.2) is 11.0 Å². The van der Waals surface area contributed by atoms with E-state index in [0.29, 0.717) is 16.1 Å². The highest BCUT2D eigenvalue weighted by atomic mass is 32.2. The Morgan fingerprint density at radius 3 is 2.42 bits per heavy atom. The van der Waals surface area contributed by atoms with Gasteiger partial charge >= 0.3 is 0 Å². The van der Waals surface area contributed by atoms with Crippen LogP contribution in [0.5, 0.6) is 0 Å². The Labute approximate surface area is 120 Å². The third-order valence-electron chi connectivity index (χ3n) is 3.00. The van der Waals surface area contributed by atoms with Crippen LogP contribution in [0.2, 0.25) is 0 Å². The number of nitrogen functional groups attached to an aromatic ring is 1. The lowest BCUT2D eigenvalue weighted by molar-refractivity contribution is 0.570. The number of nitrogens with one attached hydrogen (secondary N) is 1. The summed E-state index contributed by atoms with van der Waals surface area (Å²) >= 11 is 1.61. The van der Waals surface area contributed by atoms with Crippen LogP contribution >= 0.6 is 11.8 Å². The average molecular weight is 302 g/mol. The number of thioether (sulfide) groups is 1. The van der Waals surface area contributed by atoms with Crippen LogP contribution in [0.3, 0.4) is 0 Å². The van der Waals surface area contributed by atoms with Gasteiger partial charge in [0.2, 0.25) is 10.0 Å². The highest BCUT2D eigenvalue weighted by molar-refractivity contribution is 7.98. The standard InChI is InChI=1S/C13H22N2O2S2/c1-8-6-9(2)13(11(4)12(8)14)19(16,17)15-10(3)7-18-5/h6,10,15H,7,14H2,1-5H3. The minimum absolute atomic E-state index is 0.110. The first-order valence-electron chi connectivity index (χ1n) is 6.08. The van der Waals surface area contributed by atoms with Gasteiger partial charge in [0.15, 0.2) is 0 Å². The summed E-state index contributed by atoms with van der Waals surface area (Å²) in [5.41, 5.74) is 8.75. The molecule has 0 aliphatic rings. The molecule has 0 aliphatic carbocycles. The number of hydrogen-bond acceptors (Lipinski definition) is 4. The van der Waals surface area contributed by atoms with Gasteiger partial charge in [-0.3, -0.25) is 0 Å². The summed E-state index contributed by atoms with van der Waals surface area (Å²) < 4.78 is 27.6. The van der Waals surface area contributed by atoms with E-state index in [0.717, 1.165) is 16.9 Å². The maximum absolute atomic E-state index is 12.4. The van der Waals surface area contributed by atoms with E-state index in [2.05, 4.69) is 4.72 Å². The first-order valence-corrected chi connectivity index (χ1v) is 8.96. The quantitative estimate of drug-likeness (QED) is 0.818. The fraction of sp³-hybridized carbons (Fsp3) is 0.538. The van der Waals surface area contributed by atoms with Crippen LogP contribution < -0.4 is 10.5 Å². The lowest BCUT2D eigenvalue weighted by Crippen LogP contribution is -2.35. The fourth-order valence-electron chi connectivity index (χ4n) is 2.20. The van der Waals surface area contributed by atoms with Gasteiger partial charge in [0, 0.05) is 17.5 Å². The average Bonchev–Trinajstić information content (AvgIpc) is 2.24. The Balaban J connectivity index is 3.26. The highest BCUT2D eigenvalue weighted by Crippen LogP contribution is 2.28. The summed E-state index contributed by atoms with van der Waals surface area (Å²) in [6, 6.07) is 1.71. The molecule has 0 saturated heterocycles. The zero-order valence-electron chi connectivity index (χ0n) is 12.1. The molecule has 1 aromatic rings. The molecule has 0 heterocycles. The number of anilines is 1. The molecule has 1 rings (SSSR count). The second kappa shape index (κ2) is 6.15. The second-order valence-electron chi connectivity index (χ2n) is 4.86. The molecule has 1 atom stereocenters. The Morgan fingerprint density at radius 1 is 1.32 bits per heavy atom. The predicted octanol–water partition coefficient (Wildman–Crippen LogP) is 2.22. The van der Waals surface area contributed by atoms with Gasteiger partial charge in [-0.2, -0.15) is 11.8 Å². The molecule has 108 valence electrons. The molecule has 0 radical (unpaired) electrons. The molecule has 0 saturated carbocycles. The smallest absolute Gasteiger partial charge is 0.241 e. The summed E-state index contributed by atoms with van der Waals surface area (Å²) in [5.74, 6) is 0.735. The zero-order valence-corrected chi connectivity index (χ0v) is 13.7. The van der Waals surface area contributed by atoms with Gasteiger partial charge in [-0.1, -0.05) is 6.07 Å². The topological polar surface area (TPSA) is 72.2 Å². The minimum Gasteiger partial charge on any atom is -0.398 e. The molecule has 1 aromatic carbocycles. The van der Waals surface area contributed by atoms with Gasteiger partial charge in [-0.05, 0) is 50.6 Å². The third-order valence-corrected chi connectivity index (χ3v) is 5.71. The predicted molar refractivity (Wildman–Crippen MR) is 83.2 cm³/mol. The van der Waals surface area contributed by atoms with Crippen molar-refractivity contribution in [3.8, 4) is 0 Å². The molecule has 1 unspecified atom stereocenters. The number of sulfonamides is 1. The minimum atomic E-state index is -3.53. The SMILES string of the molecule is CSCC(C)NS(=O)(=O)c1c(C)cc(C)c(N)c1C. The van der Waals surface area contributed by atoms with Crippen molar-refractivity contribution in [1.29, 1.82) is 0 Å². The number of rotatable bonds is 5. The van der Waals surface area contributed by atoms with Crippen molar-refractivity contribution in [3.63, 3.8) is 0 Å². The second-order valence-corrected chi connectivity index (χ2v) is 7.42. The first kappa shape index (κ1) is 16.3. The van der Waals surface area contributed by atoms with Crippen molar-refractivity contribution in [3.05, 3.63) is 22.8 Å². The Kier molecular flexibility index (Phi) is 5.29. The molecule has 3 N–H and O–H groups in total. The van der Waals surface area contributed by atoms with Crippen molar-refractivity contribution in [2.45, 2.75) is 38.6 Å². The molecule has 0 aromatic heterocycles. The van der Waals surface area contributed by atoms with E-state index in [1.165, 1.54) is 0 Å². The zero-order chi connectivity index (χ0) is 14.8. The van der Waals surface area contributed by atoms with Crippen molar-refractivity contribution >= 4 is 27.5 Å². The maximum atomic E-state index is 12.4. The molecule has 19 heavy (non-hydrogen) atoms. The molecule has 4 nitrogen and oxygen atoms in total. The molecule has 6 heteroatoms. The fourth-order valence-corrected chi connectivity index (χ4v) is 4.62. The Morgan fingerprint density at radius 2 is 1.89 bits per heavy atom. The van der Waals surface area contributed by atoms with Crippen molar-refractivity contribution in [2.75, 3.05) is 17.7 Å². The van der Waals surface area contributed by atoms with Crippen molar-refractivity contribution < 1.29 is 8.42 Å².